The maximum Gasteiger partial charge on any atom is 0.342 e. The number of halogens is 4. The highest BCUT2D eigenvalue weighted by atomic mass is 19.1. The number of aromatic nitrogens is 2. The quantitative estimate of drug-likeness (QED) is 0.0969. The van der Waals surface area contributed by atoms with E-state index in [9.17, 15) is 27.2 Å². The van der Waals surface area contributed by atoms with Gasteiger partial charge in [0.2, 0.25) is 5.79 Å². The van der Waals surface area contributed by atoms with Crippen molar-refractivity contribution in [1.82, 2.24) is 10.2 Å². The number of benzene rings is 4. The normalized spacial score (nSPS) is 15.0. The predicted octanol–water partition coefficient (Wildman–Crippen LogP) is 5.48. The molecule has 1 aliphatic rings. The summed E-state index contributed by atoms with van der Waals surface area (Å²) in [5, 5.41) is 6.21. The summed E-state index contributed by atoms with van der Waals surface area (Å²) in [5.41, 5.74) is 0.909. The molecule has 48 heavy (non-hydrogen) atoms. The Hall–Kier alpha value is -5.47. The van der Waals surface area contributed by atoms with Crippen LogP contribution in [0.1, 0.15) is 23.7 Å². The summed E-state index contributed by atoms with van der Waals surface area (Å²) in [6, 6.07) is 24.7. The van der Waals surface area contributed by atoms with E-state index in [0.29, 0.717) is 28.0 Å². The molecule has 1 aliphatic heterocycles. The molecule has 1 atom stereocenters. The molecule has 7 N–H and O–H groups in total. The number of carbonyl (C=O) groups is 1. The summed E-state index contributed by atoms with van der Waals surface area (Å²) >= 11 is 0. The Labute approximate surface area is 272 Å². The first-order valence-corrected chi connectivity index (χ1v) is 14.0. The molecule has 6 rings (SSSR count). The number of carbonyl (C=O) groups excluding carboxylic acids is 1. The van der Waals surface area contributed by atoms with Crippen molar-refractivity contribution in [1.29, 1.82) is 0 Å². The molecular weight excluding hydrogens is 632 g/mol. The zero-order chi connectivity index (χ0) is 34.3. The number of rotatable bonds is 5. The zero-order valence-corrected chi connectivity index (χ0v) is 26.0. The van der Waals surface area contributed by atoms with Crippen LogP contribution in [0.4, 0.5) is 17.6 Å². The monoisotopic (exact) mass is 664 g/mol. The molecule has 0 fully saturated rings. The van der Waals surface area contributed by atoms with E-state index < -0.39 is 46.1 Å². The van der Waals surface area contributed by atoms with Crippen molar-refractivity contribution in [2.45, 2.75) is 19.6 Å². The number of H-pyrrole nitrogens is 1. The number of nitrogens with zero attached hydrogens (tertiary/aromatic N) is 1. The van der Waals surface area contributed by atoms with E-state index in [1.807, 2.05) is 6.07 Å². The van der Waals surface area contributed by atoms with Gasteiger partial charge >= 0.3 is 5.97 Å². The number of ether oxygens (including phenoxy) is 2. The highest BCUT2D eigenvalue weighted by Crippen LogP contribution is 2.45. The fourth-order valence-electron chi connectivity index (χ4n) is 5.20. The highest BCUT2D eigenvalue weighted by Gasteiger charge is 2.47. The zero-order valence-electron chi connectivity index (χ0n) is 26.0. The molecular formula is C35H32F4N4O5. The lowest BCUT2D eigenvalue weighted by Gasteiger charge is -2.24. The van der Waals surface area contributed by atoms with Crippen LogP contribution in [0.5, 0.6) is 0 Å². The third-order valence-corrected chi connectivity index (χ3v) is 7.30. The van der Waals surface area contributed by atoms with Gasteiger partial charge in [0.05, 0.1) is 28.0 Å². The van der Waals surface area contributed by atoms with E-state index in [1.165, 1.54) is 19.2 Å². The van der Waals surface area contributed by atoms with Crippen molar-refractivity contribution < 1.29 is 37.3 Å². The molecule has 0 spiro atoms. The molecule has 0 saturated heterocycles. The number of hydrogen-bond acceptors (Lipinski definition) is 7. The Morgan fingerprint density at radius 2 is 1.15 bits per heavy atom. The molecule has 1 unspecified atom stereocenters. The first-order chi connectivity index (χ1) is 22.6. The topological polar surface area (TPSA) is 165 Å². The van der Waals surface area contributed by atoms with E-state index in [0.717, 1.165) is 24.3 Å². The number of nitrogens with two attached hydrogens (primary N) is 2. The Kier molecular flexibility index (Phi) is 12.2. The molecule has 0 radical (unpaired) electrons. The van der Waals surface area contributed by atoms with Crippen LogP contribution in [0, 0.1) is 30.2 Å². The summed E-state index contributed by atoms with van der Waals surface area (Å²) in [6.07, 6.45) is 0. The molecule has 13 heteroatoms. The first kappa shape index (κ1) is 37.0. The average molecular weight is 665 g/mol. The van der Waals surface area contributed by atoms with Crippen LogP contribution in [-0.4, -0.2) is 34.5 Å². The van der Waals surface area contributed by atoms with Gasteiger partial charge in [-0.3, -0.25) is 16.5 Å². The van der Waals surface area contributed by atoms with Gasteiger partial charge in [-0.15, -0.1) is 0 Å². The minimum Gasteiger partial charge on any atom is -0.425 e. The Balaban J connectivity index is 0.000000243. The molecule has 9 nitrogen and oxygen atoms in total. The summed E-state index contributed by atoms with van der Waals surface area (Å²) in [7, 11) is 1.37. The number of aryl methyl sites for hydroxylation is 1. The molecule has 250 valence electrons. The summed E-state index contributed by atoms with van der Waals surface area (Å²) in [4.78, 5) is 24.6. The van der Waals surface area contributed by atoms with Crippen LogP contribution in [0.2, 0.25) is 0 Å². The standard InChI is InChI=1S/C18H14F2O3.C17H12F2N2O.H4N2.H2O/c1-18(22-2)16(11-7-4-3-5-8-11)15(17(21)23-18)14-12(19)9-6-10-13(14)20;1-10-14(11-6-3-2-4-7-11)16(17(22)21-20-10)15-12(18)8-5-9-13(15)19;1-2;/h3-10H,1-2H3;2-9H,1H3,(H,21,22);1-2H2;1H2. The second-order valence-corrected chi connectivity index (χ2v) is 10.1. The van der Waals surface area contributed by atoms with Crippen LogP contribution < -0.4 is 17.2 Å². The van der Waals surface area contributed by atoms with Crippen molar-refractivity contribution in [2.75, 3.05) is 7.11 Å². The molecule has 2 heterocycles. The lowest BCUT2D eigenvalue weighted by atomic mass is 9.91. The third-order valence-electron chi connectivity index (χ3n) is 7.30. The average Bonchev–Trinajstić information content (AvgIpc) is 3.34. The largest absolute Gasteiger partial charge is 0.425 e. The minimum atomic E-state index is -1.41. The number of hydrogen-bond donors (Lipinski definition) is 3. The third kappa shape index (κ3) is 7.24. The fourth-order valence-corrected chi connectivity index (χ4v) is 5.20. The van der Waals surface area contributed by atoms with E-state index in [-0.39, 0.29) is 22.2 Å². The maximum absolute atomic E-state index is 14.2. The van der Waals surface area contributed by atoms with Gasteiger partial charge in [-0.05, 0) is 42.3 Å². The Bertz CT molecular complexity index is 1950. The number of aromatic amines is 1. The van der Waals surface area contributed by atoms with Crippen molar-refractivity contribution in [3.63, 3.8) is 0 Å². The van der Waals surface area contributed by atoms with E-state index in [2.05, 4.69) is 21.9 Å². The van der Waals surface area contributed by atoms with Crippen LogP contribution in [0.15, 0.2) is 102 Å². The molecule has 4 aromatic carbocycles. The summed E-state index contributed by atoms with van der Waals surface area (Å²) in [5.74, 6) is 2.54. The second-order valence-electron chi connectivity index (χ2n) is 10.1. The van der Waals surface area contributed by atoms with Crippen molar-refractivity contribution in [3.05, 3.63) is 148 Å². The number of methoxy groups -OCH3 is 1. The molecule has 0 saturated carbocycles. The van der Waals surface area contributed by atoms with Crippen LogP contribution in [0.25, 0.3) is 33.4 Å². The Morgan fingerprint density at radius 1 is 0.688 bits per heavy atom. The van der Waals surface area contributed by atoms with Crippen LogP contribution in [0.3, 0.4) is 0 Å². The maximum atomic E-state index is 14.2. The van der Waals surface area contributed by atoms with Gasteiger partial charge in [-0.2, -0.15) is 5.10 Å². The SMILES string of the molecule is COC1(C)OC(=O)C(c2c(F)cccc2F)=C1c1ccccc1.Cc1n[nH]c(=O)c(-c2c(F)cccc2F)c1-c1ccccc1.NN.O. The van der Waals surface area contributed by atoms with Gasteiger partial charge in [0, 0.05) is 25.2 Å². The van der Waals surface area contributed by atoms with Crippen LogP contribution >= 0.6 is 0 Å². The van der Waals surface area contributed by atoms with E-state index >= 15 is 0 Å². The number of cyclic esters (lactones) is 1. The van der Waals surface area contributed by atoms with Crippen molar-refractivity contribution in [2.24, 2.45) is 11.7 Å². The second kappa shape index (κ2) is 15.9. The van der Waals surface area contributed by atoms with Gasteiger partial charge < -0.3 is 14.9 Å². The molecule has 0 amide bonds. The first-order valence-electron chi connectivity index (χ1n) is 14.0. The highest BCUT2D eigenvalue weighted by molar-refractivity contribution is 6.28. The molecule has 5 aromatic rings. The van der Waals surface area contributed by atoms with Gasteiger partial charge in [0.15, 0.2) is 0 Å². The van der Waals surface area contributed by atoms with Crippen LogP contribution in [-0.2, 0) is 14.3 Å². The fraction of sp³-hybridized carbons (Fsp3) is 0.114. The number of esters is 1. The van der Waals surface area contributed by atoms with Gasteiger partial charge in [-0.1, -0.05) is 72.8 Å². The van der Waals surface area contributed by atoms with E-state index in [1.54, 1.807) is 68.4 Å². The predicted molar refractivity (Wildman–Crippen MR) is 173 cm³/mol. The van der Waals surface area contributed by atoms with Crippen molar-refractivity contribution in [3.8, 4) is 22.3 Å². The summed E-state index contributed by atoms with van der Waals surface area (Å²) in [6.45, 7) is 3.22. The van der Waals surface area contributed by atoms with E-state index in [4.69, 9.17) is 9.47 Å². The Morgan fingerprint density at radius 3 is 1.62 bits per heavy atom. The van der Waals surface area contributed by atoms with Crippen molar-refractivity contribution >= 4 is 17.1 Å². The summed E-state index contributed by atoms with van der Waals surface area (Å²) < 4.78 is 67.3. The number of nitrogens with one attached hydrogen (secondary N) is 1. The lowest BCUT2D eigenvalue weighted by Crippen LogP contribution is -2.29. The number of hydrazine groups is 1. The van der Waals surface area contributed by atoms with Gasteiger partial charge in [0.1, 0.15) is 23.3 Å². The lowest BCUT2D eigenvalue weighted by molar-refractivity contribution is -0.178. The molecule has 1 aromatic heterocycles. The van der Waals surface area contributed by atoms with Gasteiger partial charge in [-0.25, -0.2) is 27.5 Å². The smallest absolute Gasteiger partial charge is 0.342 e. The molecule has 0 aliphatic carbocycles. The molecule has 0 bridgehead atoms. The minimum absolute atomic E-state index is 0. The van der Waals surface area contributed by atoms with Gasteiger partial charge in [0.25, 0.3) is 5.56 Å².